The van der Waals surface area contributed by atoms with E-state index in [1.165, 1.54) is 5.56 Å². The van der Waals surface area contributed by atoms with Crippen molar-refractivity contribution in [3.05, 3.63) is 64.7 Å². The van der Waals surface area contributed by atoms with Gasteiger partial charge >= 0.3 is 0 Å². The van der Waals surface area contributed by atoms with E-state index in [1.807, 2.05) is 55.6 Å². The third-order valence-electron chi connectivity index (χ3n) is 3.50. The molecule has 0 aromatic heterocycles. The molecule has 3 nitrogen and oxygen atoms in total. The average Bonchev–Trinajstić information content (AvgIpc) is 2.47. The van der Waals surface area contributed by atoms with E-state index in [9.17, 15) is 4.79 Å². The van der Waals surface area contributed by atoms with Gasteiger partial charge in [0.15, 0.2) is 6.54 Å². The number of carbonyl (C=O) groups excluding carboxylic acids is 1. The lowest BCUT2D eigenvalue weighted by Crippen LogP contribution is -3.08. The number of hydrogen-bond acceptors (Lipinski definition) is 1. The van der Waals surface area contributed by atoms with Gasteiger partial charge in [-0.3, -0.25) is 4.79 Å². The van der Waals surface area contributed by atoms with Crippen LogP contribution in [-0.2, 0) is 17.8 Å². The molecule has 1 unspecified atom stereocenters. The Morgan fingerprint density at radius 2 is 1.86 bits per heavy atom. The van der Waals surface area contributed by atoms with Crippen LogP contribution < -0.4 is 10.2 Å². The average molecular weight is 318 g/mol. The first-order valence-corrected chi connectivity index (χ1v) is 7.89. The third kappa shape index (κ3) is 5.17. The van der Waals surface area contributed by atoms with Crippen molar-refractivity contribution in [2.75, 3.05) is 18.9 Å². The van der Waals surface area contributed by atoms with Crippen molar-refractivity contribution in [1.29, 1.82) is 0 Å². The van der Waals surface area contributed by atoms with Crippen molar-refractivity contribution >= 4 is 23.2 Å². The van der Waals surface area contributed by atoms with E-state index in [0.717, 1.165) is 34.1 Å². The van der Waals surface area contributed by atoms with Gasteiger partial charge in [0.25, 0.3) is 5.91 Å². The fourth-order valence-electron chi connectivity index (χ4n) is 2.36. The van der Waals surface area contributed by atoms with Crippen molar-refractivity contribution in [1.82, 2.24) is 0 Å². The molecular formula is C18H22ClN2O+. The molecule has 2 aromatic rings. The third-order valence-corrected chi connectivity index (χ3v) is 3.74. The SMILES string of the molecule is CCc1ccc(NC(=O)C[NH+](C)Cc2cccc(Cl)c2)cc1. The van der Waals surface area contributed by atoms with Gasteiger partial charge in [-0.25, -0.2) is 0 Å². The van der Waals surface area contributed by atoms with Crippen molar-refractivity contribution in [2.24, 2.45) is 0 Å². The van der Waals surface area contributed by atoms with Crippen molar-refractivity contribution in [3.8, 4) is 0 Å². The number of nitrogens with one attached hydrogen (secondary N) is 2. The van der Waals surface area contributed by atoms with Gasteiger partial charge in [0.1, 0.15) is 6.54 Å². The molecule has 0 fully saturated rings. The van der Waals surface area contributed by atoms with Crippen LogP contribution in [0.15, 0.2) is 48.5 Å². The lowest BCUT2D eigenvalue weighted by atomic mass is 10.1. The quantitative estimate of drug-likeness (QED) is 0.843. The van der Waals surface area contributed by atoms with Gasteiger partial charge < -0.3 is 10.2 Å². The standard InChI is InChI=1S/C18H21ClN2O/c1-3-14-7-9-17(10-8-14)20-18(22)13-21(2)12-15-5-4-6-16(19)11-15/h4-11H,3,12-13H2,1-2H3,(H,20,22)/p+1. The number of aryl methyl sites for hydroxylation is 1. The summed E-state index contributed by atoms with van der Waals surface area (Å²) >= 11 is 5.98. The molecule has 22 heavy (non-hydrogen) atoms. The predicted molar refractivity (Wildman–Crippen MR) is 91.4 cm³/mol. The van der Waals surface area contributed by atoms with E-state index in [-0.39, 0.29) is 5.91 Å². The van der Waals surface area contributed by atoms with E-state index < -0.39 is 0 Å². The van der Waals surface area contributed by atoms with Gasteiger partial charge in [0.05, 0.1) is 7.05 Å². The van der Waals surface area contributed by atoms with Gasteiger partial charge in [-0.05, 0) is 36.2 Å². The molecule has 0 radical (unpaired) electrons. The highest BCUT2D eigenvalue weighted by atomic mass is 35.5. The fraction of sp³-hybridized carbons (Fsp3) is 0.278. The molecule has 2 aromatic carbocycles. The number of anilines is 1. The molecule has 2 rings (SSSR count). The maximum atomic E-state index is 12.1. The molecule has 0 aliphatic heterocycles. The van der Waals surface area contributed by atoms with E-state index in [4.69, 9.17) is 11.6 Å². The summed E-state index contributed by atoms with van der Waals surface area (Å²) in [4.78, 5) is 13.2. The zero-order valence-electron chi connectivity index (χ0n) is 13.0. The molecule has 0 saturated heterocycles. The molecule has 116 valence electrons. The van der Waals surface area contributed by atoms with Crippen molar-refractivity contribution < 1.29 is 9.69 Å². The van der Waals surface area contributed by atoms with Crippen LogP contribution in [0, 0.1) is 0 Å². The first kappa shape index (κ1) is 16.5. The summed E-state index contributed by atoms with van der Waals surface area (Å²) in [7, 11) is 2.00. The Balaban J connectivity index is 1.85. The first-order chi connectivity index (χ1) is 10.6. The second kappa shape index (κ2) is 7.97. The second-order valence-electron chi connectivity index (χ2n) is 5.54. The molecule has 0 spiro atoms. The minimum atomic E-state index is 0.0174. The molecule has 0 saturated carbocycles. The minimum Gasteiger partial charge on any atom is -0.326 e. The number of quaternary nitrogens is 1. The van der Waals surface area contributed by atoms with E-state index >= 15 is 0 Å². The predicted octanol–water partition coefficient (Wildman–Crippen LogP) is 2.56. The topological polar surface area (TPSA) is 33.5 Å². The maximum absolute atomic E-state index is 12.1. The summed E-state index contributed by atoms with van der Waals surface area (Å²) in [6.45, 7) is 3.30. The summed E-state index contributed by atoms with van der Waals surface area (Å²) in [5.74, 6) is 0.0174. The smallest absolute Gasteiger partial charge is 0.279 e. The van der Waals surface area contributed by atoms with Crippen LogP contribution in [0.2, 0.25) is 5.02 Å². The monoisotopic (exact) mass is 317 g/mol. The van der Waals surface area contributed by atoms with Gasteiger partial charge in [-0.2, -0.15) is 0 Å². The summed E-state index contributed by atoms with van der Waals surface area (Å²) in [6, 6.07) is 15.7. The highest BCUT2D eigenvalue weighted by Gasteiger charge is 2.11. The minimum absolute atomic E-state index is 0.0174. The largest absolute Gasteiger partial charge is 0.326 e. The molecule has 0 bridgehead atoms. The van der Waals surface area contributed by atoms with Gasteiger partial charge in [-0.1, -0.05) is 42.8 Å². The van der Waals surface area contributed by atoms with Gasteiger partial charge in [0.2, 0.25) is 0 Å². The Hall–Kier alpha value is -1.84. The highest BCUT2D eigenvalue weighted by Crippen LogP contribution is 2.10. The Bertz CT molecular complexity index is 625. The summed E-state index contributed by atoms with van der Waals surface area (Å²) in [6.07, 6.45) is 1.00. The highest BCUT2D eigenvalue weighted by molar-refractivity contribution is 6.30. The van der Waals surface area contributed by atoms with E-state index in [0.29, 0.717) is 6.54 Å². The van der Waals surface area contributed by atoms with E-state index in [1.54, 1.807) is 0 Å². The second-order valence-corrected chi connectivity index (χ2v) is 5.98. The first-order valence-electron chi connectivity index (χ1n) is 7.51. The van der Waals surface area contributed by atoms with Gasteiger partial charge in [-0.15, -0.1) is 0 Å². The fourth-order valence-corrected chi connectivity index (χ4v) is 2.57. The van der Waals surface area contributed by atoms with Gasteiger partial charge in [0, 0.05) is 16.3 Å². The summed E-state index contributed by atoms with van der Waals surface area (Å²) in [5.41, 5.74) is 3.24. The number of rotatable bonds is 6. The Morgan fingerprint density at radius 1 is 1.14 bits per heavy atom. The number of carbonyl (C=O) groups is 1. The van der Waals surface area contributed by atoms with Crippen molar-refractivity contribution in [3.63, 3.8) is 0 Å². The van der Waals surface area contributed by atoms with Crippen molar-refractivity contribution in [2.45, 2.75) is 19.9 Å². The molecular weight excluding hydrogens is 296 g/mol. The number of amides is 1. The molecule has 0 aliphatic carbocycles. The van der Waals surface area contributed by atoms with Crippen LogP contribution in [0.3, 0.4) is 0 Å². The Morgan fingerprint density at radius 3 is 2.50 bits per heavy atom. The number of likely N-dealkylation sites (N-methyl/N-ethyl adjacent to an activating group) is 1. The Labute approximate surface area is 136 Å². The normalized spacial score (nSPS) is 12.0. The van der Waals surface area contributed by atoms with E-state index in [2.05, 4.69) is 12.2 Å². The molecule has 1 atom stereocenters. The lowest BCUT2D eigenvalue weighted by Gasteiger charge is -2.14. The molecule has 0 heterocycles. The van der Waals surface area contributed by atoms with Crippen LogP contribution >= 0.6 is 11.6 Å². The molecule has 2 N–H and O–H groups in total. The zero-order chi connectivity index (χ0) is 15.9. The summed E-state index contributed by atoms with van der Waals surface area (Å²) in [5, 5.41) is 3.66. The van der Waals surface area contributed by atoms with Crippen LogP contribution in [0.4, 0.5) is 5.69 Å². The number of halogens is 1. The Kier molecular flexibility index (Phi) is 5.99. The maximum Gasteiger partial charge on any atom is 0.279 e. The van der Waals surface area contributed by atoms with Crippen LogP contribution in [0.1, 0.15) is 18.1 Å². The number of benzene rings is 2. The lowest BCUT2D eigenvalue weighted by molar-refractivity contribution is -0.885. The molecule has 1 amide bonds. The number of hydrogen-bond donors (Lipinski definition) is 2. The molecule has 0 aliphatic rings. The van der Waals surface area contributed by atoms with Crippen LogP contribution in [-0.4, -0.2) is 19.5 Å². The van der Waals surface area contributed by atoms with Crippen LogP contribution in [0.25, 0.3) is 0 Å². The van der Waals surface area contributed by atoms with Crippen LogP contribution in [0.5, 0.6) is 0 Å². The zero-order valence-corrected chi connectivity index (χ0v) is 13.8. The summed E-state index contributed by atoms with van der Waals surface area (Å²) < 4.78 is 0. The molecule has 4 heteroatoms.